The van der Waals surface area contributed by atoms with Crippen molar-refractivity contribution in [3.63, 3.8) is 0 Å². The number of nitrogens with two attached hydrogens (primary N) is 1. The molecule has 4 nitrogen and oxygen atoms in total. The van der Waals surface area contributed by atoms with Crippen LogP contribution in [0.4, 0.5) is 5.13 Å². The zero-order valence-electron chi connectivity index (χ0n) is 11.1. The first-order valence-corrected chi connectivity index (χ1v) is 8.28. The van der Waals surface area contributed by atoms with Crippen molar-refractivity contribution in [2.45, 2.75) is 25.8 Å². The molecule has 1 aromatic rings. The van der Waals surface area contributed by atoms with Crippen LogP contribution in [0.25, 0.3) is 0 Å². The summed E-state index contributed by atoms with van der Waals surface area (Å²) >= 11 is 8.06. The van der Waals surface area contributed by atoms with Gasteiger partial charge in [0.15, 0.2) is 5.13 Å². The molecule has 3 heterocycles. The molecule has 106 valence electrons. The molecule has 0 saturated carbocycles. The molecule has 0 unspecified atom stereocenters. The fourth-order valence-corrected chi connectivity index (χ4v) is 4.27. The maximum Gasteiger partial charge on any atom is 0.187 e. The topological polar surface area (TPSA) is 45.4 Å². The zero-order valence-corrected chi connectivity index (χ0v) is 12.7. The van der Waals surface area contributed by atoms with Gasteiger partial charge in [0.05, 0.1) is 4.88 Å². The highest BCUT2D eigenvalue weighted by atomic mass is 35.5. The lowest BCUT2D eigenvalue weighted by Crippen LogP contribution is -2.22. The van der Waals surface area contributed by atoms with Crippen LogP contribution in [0.2, 0.25) is 5.15 Å². The lowest BCUT2D eigenvalue weighted by molar-refractivity contribution is 0.320. The minimum Gasteiger partial charge on any atom is -0.348 e. The first kappa shape index (κ1) is 13.6. The molecule has 2 N–H and O–H groups in total. The second-order valence-corrected chi connectivity index (χ2v) is 6.95. The van der Waals surface area contributed by atoms with Gasteiger partial charge < -0.3 is 10.6 Å². The summed E-state index contributed by atoms with van der Waals surface area (Å²) < 4.78 is 0. The first-order valence-electron chi connectivity index (χ1n) is 7.09. The van der Waals surface area contributed by atoms with Crippen molar-refractivity contribution >= 4 is 28.1 Å². The highest BCUT2D eigenvalue weighted by molar-refractivity contribution is 7.16. The number of likely N-dealkylation sites (tertiary alicyclic amines) is 1. The van der Waals surface area contributed by atoms with Crippen LogP contribution in [-0.4, -0.2) is 42.6 Å². The van der Waals surface area contributed by atoms with E-state index in [0.29, 0.717) is 11.1 Å². The minimum absolute atomic E-state index is 0.657. The molecule has 0 radical (unpaired) electrons. The number of halogens is 1. The highest BCUT2D eigenvalue weighted by Crippen LogP contribution is 2.33. The maximum atomic E-state index is 6.29. The summed E-state index contributed by atoms with van der Waals surface area (Å²) in [6.45, 7) is 6.22. The van der Waals surface area contributed by atoms with Gasteiger partial charge in [-0.25, -0.2) is 4.98 Å². The van der Waals surface area contributed by atoms with E-state index < -0.39 is 0 Å². The van der Waals surface area contributed by atoms with E-state index in [9.17, 15) is 0 Å². The molecule has 2 fully saturated rings. The molecule has 3 rings (SSSR count). The molecular formula is C13H21ClN4S. The molecule has 0 aromatic carbocycles. The van der Waals surface area contributed by atoms with Gasteiger partial charge in [-0.15, -0.1) is 0 Å². The summed E-state index contributed by atoms with van der Waals surface area (Å²) in [7, 11) is 0. The normalized spacial score (nSPS) is 24.5. The molecule has 2 aliphatic heterocycles. The van der Waals surface area contributed by atoms with Gasteiger partial charge in [-0.05, 0) is 38.3 Å². The van der Waals surface area contributed by atoms with Crippen molar-refractivity contribution < 1.29 is 0 Å². The van der Waals surface area contributed by atoms with Gasteiger partial charge in [-0.1, -0.05) is 22.9 Å². The van der Waals surface area contributed by atoms with E-state index in [1.807, 2.05) is 0 Å². The average Bonchev–Trinajstić information content (AvgIpc) is 3.12. The number of thiazole rings is 1. The smallest absolute Gasteiger partial charge is 0.187 e. The molecule has 1 atom stereocenters. The number of anilines is 1. The van der Waals surface area contributed by atoms with Crippen molar-refractivity contribution in [2.24, 2.45) is 11.7 Å². The molecule has 0 amide bonds. The molecule has 1 aromatic heterocycles. The fraction of sp³-hybridized carbons (Fsp3) is 0.769. The quantitative estimate of drug-likeness (QED) is 0.926. The highest BCUT2D eigenvalue weighted by Gasteiger charge is 2.24. The Morgan fingerprint density at radius 1 is 1.32 bits per heavy atom. The Balaban J connectivity index is 1.64. The number of nitrogens with zero attached hydrogens (tertiary/aromatic N) is 3. The number of aromatic nitrogens is 1. The molecule has 0 aliphatic carbocycles. The first-order chi connectivity index (χ1) is 9.26. The Bertz CT molecular complexity index is 430. The number of rotatable bonds is 4. The van der Waals surface area contributed by atoms with Crippen LogP contribution in [-0.2, 0) is 6.54 Å². The molecule has 0 bridgehead atoms. The number of hydrogen-bond acceptors (Lipinski definition) is 5. The van der Waals surface area contributed by atoms with E-state index in [2.05, 4.69) is 14.8 Å². The van der Waals surface area contributed by atoms with E-state index in [1.54, 1.807) is 11.3 Å². The Labute approximate surface area is 123 Å². The summed E-state index contributed by atoms with van der Waals surface area (Å²) in [5, 5.41) is 1.80. The van der Waals surface area contributed by atoms with Crippen molar-refractivity contribution in [2.75, 3.05) is 37.6 Å². The predicted molar refractivity (Wildman–Crippen MR) is 81.0 cm³/mol. The van der Waals surface area contributed by atoms with Crippen LogP contribution < -0.4 is 10.6 Å². The van der Waals surface area contributed by atoms with Crippen molar-refractivity contribution in [3.8, 4) is 0 Å². The lowest BCUT2D eigenvalue weighted by Gasteiger charge is -2.14. The Morgan fingerprint density at radius 2 is 2.11 bits per heavy atom. The van der Waals surface area contributed by atoms with Crippen molar-refractivity contribution in [3.05, 3.63) is 10.0 Å². The maximum absolute atomic E-state index is 6.29. The largest absolute Gasteiger partial charge is 0.348 e. The second-order valence-electron chi connectivity index (χ2n) is 5.53. The third-order valence-electron chi connectivity index (χ3n) is 4.09. The van der Waals surface area contributed by atoms with Crippen LogP contribution in [0.15, 0.2) is 0 Å². The molecule has 6 heteroatoms. The van der Waals surface area contributed by atoms with Gasteiger partial charge in [-0.3, -0.25) is 4.90 Å². The van der Waals surface area contributed by atoms with Gasteiger partial charge in [0, 0.05) is 26.2 Å². The number of hydrogen-bond donors (Lipinski definition) is 1. The van der Waals surface area contributed by atoms with Crippen LogP contribution in [0.3, 0.4) is 0 Å². The van der Waals surface area contributed by atoms with Gasteiger partial charge in [0.1, 0.15) is 5.15 Å². The lowest BCUT2D eigenvalue weighted by atomic mass is 10.1. The van der Waals surface area contributed by atoms with E-state index >= 15 is 0 Å². The van der Waals surface area contributed by atoms with Gasteiger partial charge in [0.25, 0.3) is 0 Å². The van der Waals surface area contributed by atoms with Crippen LogP contribution >= 0.6 is 22.9 Å². The molecule has 19 heavy (non-hydrogen) atoms. The van der Waals surface area contributed by atoms with Gasteiger partial charge in [-0.2, -0.15) is 0 Å². The monoisotopic (exact) mass is 300 g/mol. The van der Waals surface area contributed by atoms with Gasteiger partial charge in [0.2, 0.25) is 0 Å². The third-order valence-corrected chi connectivity index (χ3v) is 5.61. The zero-order chi connectivity index (χ0) is 13.2. The Kier molecular flexibility index (Phi) is 4.27. The average molecular weight is 301 g/mol. The second kappa shape index (κ2) is 5.95. The van der Waals surface area contributed by atoms with E-state index in [1.165, 1.54) is 24.1 Å². The molecule has 2 saturated heterocycles. The summed E-state index contributed by atoms with van der Waals surface area (Å²) in [6.07, 6.45) is 3.76. The Morgan fingerprint density at radius 3 is 2.79 bits per heavy atom. The van der Waals surface area contributed by atoms with Gasteiger partial charge >= 0.3 is 0 Å². The summed E-state index contributed by atoms with van der Waals surface area (Å²) in [5.41, 5.74) is 5.74. The van der Waals surface area contributed by atoms with Crippen molar-refractivity contribution in [1.29, 1.82) is 0 Å². The fourth-order valence-electron chi connectivity index (χ4n) is 2.91. The van der Waals surface area contributed by atoms with Crippen LogP contribution in [0.1, 0.15) is 24.1 Å². The summed E-state index contributed by atoms with van der Waals surface area (Å²) in [5.74, 6) is 0.657. The van der Waals surface area contributed by atoms with Crippen molar-refractivity contribution in [1.82, 2.24) is 9.88 Å². The Hall–Kier alpha value is -0.360. The van der Waals surface area contributed by atoms with Crippen LogP contribution in [0.5, 0.6) is 0 Å². The van der Waals surface area contributed by atoms with E-state index in [0.717, 1.165) is 44.4 Å². The van der Waals surface area contributed by atoms with E-state index in [-0.39, 0.29) is 0 Å². The summed E-state index contributed by atoms with van der Waals surface area (Å²) in [4.78, 5) is 10.5. The third kappa shape index (κ3) is 3.05. The standard InChI is InChI=1S/C13H21ClN4S/c14-12-11(9-17-6-3-10(7-15)8-17)19-13(16-12)18-4-1-2-5-18/h10H,1-9,15H2/t10-/m1/s1. The minimum atomic E-state index is 0.657. The SMILES string of the molecule is NC[C@H]1CCN(Cc2sc(N3CCCC3)nc2Cl)C1. The summed E-state index contributed by atoms with van der Waals surface area (Å²) in [6, 6.07) is 0. The molecular weight excluding hydrogens is 280 g/mol. The molecule has 0 spiro atoms. The van der Waals surface area contributed by atoms with Crippen LogP contribution in [0, 0.1) is 5.92 Å². The molecule has 2 aliphatic rings. The predicted octanol–water partition coefficient (Wildman–Crippen LogP) is 2.18. The van der Waals surface area contributed by atoms with E-state index in [4.69, 9.17) is 17.3 Å².